The van der Waals surface area contributed by atoms with E-state index in [-0.39, 0.29) is 66.1 Å². The van der Waals surface area contributed by atoms with Crippen molar-refractivity contribution in [2.24, 2.45) is 0 Å². The molecule has 18 aromatic rings. The van der Waals surface area contributed by atoms with E-state index in [4.69, 9.17) is 4.11 Å². The first-order valence-corrected chi connectivity index (χ1v) is 33.1. The molecule has 0 unspecified atom stereocenters. The number of hydrogen-bond donors (Lipinski definition) is 0. The predicted octanol–water partition coefficient (Wildman–Crippen LogP) is 23.0. The van der Waals surface area contributed by atoms with Crippen molar-refractivity contribution >= 4 is 123 Å². The fraction of sp³-hybridized carbons (Fsp3) is 0.0426. The molecule has 0 fully saturated rings. The molecular weight excluding hydrogens is 1210 g/mol. The minimum Gasteiger partial charge on any atom is -0.310 e. The third kappa shape index (κ3) is 8.76. The largest absolute Gasteiger partial charge is 0.310 e. The molecule has 6 heteroatoms. The summed E-state index contributed by atoms with van der Waals surface area (Å²) in [6, 6.07) is 58.1. The maximum atomic E-state index is 10.2. The van der Waals surface area contributed by atoms with Crippen molar-refractivity contribution in [3.8, 4) is 61.6 Å². The summed E-state index contributed by atoms with van der Waals surface area (Å²) in [5.74, 6) is 0. The van der Waals surface area contributed by atoms with Gasteiger partial charge in [-0.1, -0.05) is 275 Å². The Morgan fingerprint density at radius 1 is 0.290 bits per heavy atom. The summed E-state index contributed by atoms with van der Waals surface area (Å²) in [7, 11) is 0. The molecule has 0 atom stereocenters. The molecule has 0 aliphatic carbocycles. The lowest BCUT2D eigenvalue weighted by atomic mass is 9.33. The quantitative estimate of drug-likeness (QED) is 0.134. The maximum absolute atomic E-state index is 10.2. The number of fused-ring (bicyclic) bond motifs is 13. The molecule has 2 aliphatic rings. The molecule has 15 aromatic carbocycles. The molecule has 0 saturated heterocycles. The highest BCUT2D eigenvalue weighted by atomic mass is 15.2. The Bertz CT molecular complexity index is 7410. The minimum absolute atomic E-state index is 0.103. The van der Waals surface area contributed by atoms with Crippen LogP contribution in [0.3, 0.4) is 0 Å². The van der Waals surface area contributed by atoms with Crippen LogP contribution in [0, 0.1) is 0 Å². The smallest absolute Gasteiger partial charge is 0.252 e. The Morgan fingerprint density at radius 2 is 0.730 bits per heavy atom. The average molecular weight is 1300 g/mol. The van der Waals surface area contributed by atoms with Crippen molar-refractivity contribution in [3.05, 3.63) is 351 Å². The molecule has 0 N–H and O–H groups in total. The summed E-state index contributed by atoms with van der Waals surface area (Å²) in [5.41, 5.74) is 11.1. The molecule has 0 radical (unpaired) electrons. The summed E-state index contributed by atoms with van der Waals surface area (Å²) >= 11 is 0. The van der Waals surface area contributed by atoms with Gasteiger partial charge in [-0.3, -0.25) is 0 Å². The SMILES string of the molecule is [2H]c1c([2H])c([2H])c(-c2ccc3c(c2)N(c2c(-c4ccccc4)cc(C(C)(C)C)cc2-c2ccccc2)c2cc(-n4c5c([2H])c([2H])c([2H])c([2H])c5c5c([2H])c([2H])c([2H])c([2H])c54)cc4c2B3c2ccc(-n3c5c([2H])c([2H])c([2H])c([2H])c5c5c([2H])c([2H])c([2H])c([2H])c53)cc2N4c2c(-c3ccccc3)ccc3c2c2ccccc2n3-c2ccccc2)c([2H])c1[2H]. The van der Waals surface area contributed by atoms with Crippen LogP contribution in [0.15, 0.2) is 345 Å². The lowest BCUT2D eigenvalue weighted by Crippen LogP contribution is -2.61. The van der Waals surface area contributed by atoms with Crippen molar-refractivity contribution in [1.29, 1.82) is 0 Å². The zero-order chi connectivity index (χ0) is 84.6. The number of benzene rings is 15. The van der Waals surface area contributed by atoms with E-state index in [1.54, 1.807) is 12.1 Å². The van der Waals surface area contributed by atoms with E-state index in [2.05, 4.69) is 53.3 Å². The van der Waals surface area contributed by atoms with Crippen LogP contribution in [0.2, 0.25) is 0 Å². The number of hydrogen-bond acceptors (Lipinski definition) is 2. The van der Waals surface area contributed by atoms with Crippen LogP contribution >= 0.6 is 0 Å². The predicted molar refractivity (Wildman–Crippen MR) is 424 cm³/mol. The van der Waals surface area contributed by atoms with Gasteiger partial charge in [0.2, 0.25) is 0 Å². The topological polar surface area (TPSA) is 21.3 Å². The summed E-state index contributed by atoms with van der Waals surface area (Å²) in [6.07, 6.45) is 0. The van der Waals surface area contributed by atoms with Crippen molar-refractivity contribution in [1.82, 2.24) is 13.7 Å². The first-order valence-electron chi connectivity index (χ1n) is 43.6. The van der Waals surface area contributed by atoms with E-state index < -0.39 is 139 Å². The molecule has 0 spiro atoms. The second kappa shape index (κ2) is 22.5. The Labute approximate surface area is 611 Å². The van der Waals surface area contributed by atoms with Gasteiger partial charge < -0.3 is 23.5 Å². The molecule has 470 valence electrons. The number of nitrogens with zero attached hydrogens (tertiary/aromatic N) is 5. The monoisotopic (exact) mass is 1300 g/mol. The highest BCUT2D eigenvalue weighted by Crippen LogP contribution is 2.56. The van der Waals surface area contributed by atoms with E-state index in [9.17, 15) is 24.7 Å². The Kier molecular flexibility index (Phi) is 9.03. The fourth-order valence-corrected chi connectivity index (χ4v) is 15.6. The van der Waals surface area contributed by atoms with Gasteiger partial charge in [0.25, 0.3) is 6.71 Å². The van der Waals surface area contributed by atoms with Crippen molar-refractivity contribution < 1.29 is 28.8 Å². The van der Waals surface area contributed by atoms with Gasteiger partial charge in [0.05, 0.1) is 78.9 Å². The van der Waals surface area contributed by atoms with Gasteiger partial charge >= 0.3 is 0 Å². The summed E-state index contributed by atoms with van der Waals surface area (Å²) in [4.78, 5) is 4.23. The van der Waals surface area contributed by atoms with Crippen molar-refractivity contribution in [2.45, 2.75) is 26.2 Å². The fourth-order valence-electron chi connectivity index (χ4n) is 15.6. The highest BCUT2D eigenvalue weighted by Gasteiger charge is 2.46. The van der Waals surface area contributed by atoms with E-state index in [0.717, 1.165) is 44.4 Å². The van der Waals surface area contributed by atoms with Crippen LogP contribution in [-0.4, -0.2) is 20.4 Å². The summed E-state index contributed by atoms with van der Waals surface area (Å²) in [5, 5.41) is 0.751. The Morgan fingerprint density at radius 3 is 1.28 bits per heavy atom. The summed E-state index contributed by atoms with van der Waals surface area (Å²) in [6.45, 7) is 5.39. The highest BCUT2D eigenvalue weighted by molar-refractivity contribution is 7.00. The number of rotatable bonds is 9. The first kappa shape index (κ1) is 40.2. The first-order chi connectivity index (χ1) is 58.0. The van der Waals surface area contributed by atoms with Crippen molar-refractivity contribution in [3.63, 3.8) is 0 Å². The average Bonchev–Trinajstić information content (AvgIpc) is 1.66. The lowest BCUT2D eigenvalue weighted by Gasteiger charge is -2.46. The third-order valence-electron chi connectivity index (χ3n) is 19.9. The van der Waals surface area contributed by atoms with Crippen LogP contribution in [-0.2, 0) is 5.41 Å². The van der Waals surface area contributed by atoms with Gasteiger partial charge in [-0.2, -0.15) is 0 Å². The molecule has 100 heavy (non-hydrogen) atoms. The van der Waals surface area contributed by atoms with Crippen LogP contribution < -0.4 is 26.2 Å². The van der Waals surface area contributed by atoms with E-state index in [1.807, 2.05) is 188 Å². The third-order valence-corrected chi connectivity index (χ3v) is 19.9. The summed E-state index contributed by atoms with van der Waals surface area (Å²) < 4.78 is 206. The zero-order valence-corrected chi connectivity index (χ0v) is 54.1. The maximum Gasteiger partial charge on any atom is 0.252 e. The van der Waals surface area contributed by atoms with Gasteiger partial charge in [0, 0.05) is 83.1 Å². The minimum atomic E-state index is -1.00. The van der Waals surface area contributed by atoms with Crippen LogP contribution in [0.5, 0.6) is 0 Å². The molecule has 5 heterocycles. The Balaban J connectivity index is 1.07. The normalized spacial score (nSPS) is 15.6. The standard InChI is InChI=1S/C94H66BN5/c1-94(2,3)66-56-76(63-33-13-6-14-34-63)92(77(57-66)64-35-15-7-16-36-64)99-86-55-65(61-29-9-4-10-30-61)49-52-78(86)95-79-53-50-68(97-80-44-24-19-39-71(80)72-40-20-25-45-81(72)97)58-87(79)100(89-60-69(59-88(99)91(89)95)98-82-46-26-21-41-73(82)74-42-22-27-47-83(74)98)93-70(62-31-11-5-12-32-62)51-54-85-90(93)75-43-23-28-48-84(75)96(85)67-37-17-8-18-38-67/h4-60H,1-3H3/i4D,9D,10D,19D,20D,21D,22D,24D,25D,26D,27D,29D,30D,39D,40D,41D,42D,44D,45D,46D,47D. The molecule has 3 aromatic heterocycles. The van der Waals surface area contributed by atoms with E-state index in [0.29, 0.717) is 72.6 Å². The molecule has 0 bridgehead atoms. The lowest BCUT2D eigenvalue weighted by molar-refractivity contribution is 0.591. The molecule has 20 rings (SSSR count). The van der Waals surface area contributed by atoms with Gasteiger partial charge in [-0.05, 0) is 146 Å². The van der Waals surface area contributed by atoms with E-state index >= 15 is 0 Å². The zero-order valence-electron chi connectivity index (χ0n) is 75.1. The second-order valence-corrected chi connectivity index (χ2v) is 26.4. The molecule has 0 saturated carbocycles. The number of anilines is 6. The van der Waals surface area contributed by atoms with Gasteiger partial charge in [-0.15, -0.1) is 0 Å². The van der Waals surface area contributed by atoms with Crippen LogP contribution in [0.25, 0.3) is 127 Å². The molecular formula is C94H66BN5. The molecule has 0 amide bonds. The Hall–Kier alpha value is -12.6. The van der Waals surface area contributed by atoms with Crippen LogP contribution in [0.4, 0.5) is 34.1 Å². The number of aromatic nitrogens is 3. The second-order valence-electron chi connectivity index (χ2n) is 26.4. The van der Waals surface area contributed by atoms with E-state index in [1.165, 1.54) is 9.13 Å². The van der Waals surface area contributed by atoms with Crippen LogP contribution in [0.1, 0.15) is 55.1 Å². The number of para-hydroxylation sites is 6. The molecule has 5 nitrogen and oxygen atoms in total. The van der Waals surface area contributed by atoms with Gasteiger partial charge in [-0.25, -0.2) is 0 Å². The van der Waals surface area contributed by atoms with Gasteiger partial charge in [0.15, 0.2) is 0 Å². The molecule has 2 aliphatic heterocycles. The van der Waals surface area contributed by atoms with Crippen molar-refractivity contribution in [2.75, 3.05) is 9.80 Å². The van der Waals surface area contributed by atoms with Gasteiger partial charge in [0.1, 0.15) is 0 Å².